The Kier molecular flexibility index (Phi) is 5.12. The van der Waals surface area contributed by atoms with Gasteiger partial charge < -0.3 is 11.1 Å². The number of hydrogen-bond acceptors (Lipinski definition) is 5. The van der Waals surface area contributed by atoms with Gasteiger partial charge in [-0.3, -0.25) is 9.78 Å². The Labute approximate surface area is 179 Å². The number of nitrogen functional groups attached to an aromatic ring is 1. The molecule has 9 heteroatoms. The Hall–Kier alpha value is -2.38. The fourth-order valence-corrected chi connectivity index (χ4v) is 4.57. The molecular formula is C19H11Cl3N4OS. The van der Waals surface area contributed by atoms with E-state index in [1.165, 1.54) is 23.5 Å². The molecule has 0 aliphatic carbocycles. The lowest BCUT2D eigenvalue weighted by molar-refractivity contribution is 0.103. The number of rotatable bonds is 3. The van der Waals surface area contributed by atoms with Gasteiger partial charge in [-0.25, -0.2) is 4.98 Å². The first-order valence-corrected chi connectivity index (χ1v) is 9.94. The minimum absolute atomic E-state index is 0.238. The summed E-state index contributed by atoms with van der Waals surface area (Å²) in [5.74, 6) is -0.422. The molecule has 5 nitrogen and oxygen atoms in total. The van der Waals surface area contributed by atoms with E-state index in [1.54, 1.807) is 12.4 Å². The maximum Gasteiger partial charge on any atom is 0.268 e. The number of pyridine rings is 2. The summed E-state index contributed by atoms with van der Waals surface area (Å²) >= 11 is 19.4. The van der Waals surface area contributed by atoms with Crippen LogP contribution < -0.4 is 11.1 Å². The number of nitrogens with zero attached hydrogens (tertiary/aromatic N) is 2. The summed E-state index contributed by atoms with van der Waals surface area (Å²) in [5.41, 5.74) is 8.44. The summed E-state index contributed by atoms with van der Waals surface area (Å²) in [7, 11) is 0. The Morgan fingerprint density at radius 3 is 2.54 bits per heavy atom. The first kappa shape index (κ1) is 19.0. The van der Waals surface area contributed by atoms with Crippen molar-refractivity contribution in [3.63, 3.8) is 0 Å². The maximum absolute atomic E-state index is 12.8. The Balaban J connectivity index is 1.71. The Morgan fingerprint density at radius 1 is 1.11 bits per heavy atom. The van der Waals surface area contributed by atoms with Crippen LogP contribution in [-0.4, -0.2) is 15.9 Å². The first-order valence-electron chi connectivity index (χ1n) is 7.99. The molecular weight excluding hydrogens is 439 g/mol. The number of nitrogens with two attached hydrogens (primary N) is 1. The molecule has 0 atom stereocenters. The molecule has 0 radical (unpaired) electrons. The lowest BCUT2D eigenvalue weighted by Crippen LogP contribution is -2.12. The molecule has 0 aliphatic heterocycles. The maximum atomic E-state index is 12.8. The molecule has 4 aromatic rings. The van der Waals surface area contributed by atoms with E-state index in [9.17, 15) is 4.79 Å². The molecule has 3 N–H and O–H groups in total. The molecule has 4 rings (SSSR count). The number of halogens is 3. The van der Waals surface area contributed by atoms with Crippen LogP contribution in [0.5, 0.6) is 0 Å². The third-order valence-corrected chi connectivity index (χ3v) is 5.93. The number of hydrogen-bond donors (Lipinski definition) is 2. The van der Waals surface area contributed by atoms with Crippen LogP contribution in [0.1, 0.15) is 9.67 Å². The second-order valence-electron chi connectivity index (χ2n) is 5.83. The highest BCUT2D eigenvalue weighted by molar-refractivity contribution is 7.21. The molecule has 0 saturated heterocycles. The van der Waals surface area contributed by atoms with Crippen molar-refractivity contribution in [3.8, 4) is 11.3 Å². The Bertz CT molecular complexity index is 1190. The molecule has 0 unspecified atom stereocenters. The first-order chi connectivity index (χ1) is 13.4. The highest BCUT2D eigenvalue weighted by Crippen LogP contribution is 2.37. The van der Waals surface area contributed by atoms with Gasteiger partial charge in [-0.05, 0) is 36.4 Å². The predicted octanol–water partition coefficient (Wildman–Crippen LogP) is 6.15. The van der Waals surface area contributed by atoms with Crippen LogP contribution in [0.15, 0.2) is 48.8 Å². The fraction of sp³-hybridized carbons (Fsp3) is 0. The van der Waals surface area contributed by atoms with Crippen molar-refractivity contribution in [1.29, 1.82) is 0 Å². The zero-order chi connectivity index (χ0) is 19.8. The summed E-state index contributed by atoms with van der Waals surface area (Å²) in [6.45, 7) is 0. The van der Waals surface area contributed by atoms with Gasteiger partial charge in [-0.15, -0.1) is 11.3 Å². The summed E-state index contributed by atoms with van der Waals surface area (Å²) in [5, 5.41) is 4.26. The van der Waals surface area contributed by atoms with Crippen molar-refractivity contribution >= 4 is 73.6 Å². The normalized spacial score (nSPS) is 11.0. The average molecular weight is 450 g/mol. The summed E-state index contributed by atoms with van der Waals surface area (Å²) in [6, 6.07) is 10.4. The van der Waals surface area contributed by atoms with Crippen LogP contribution in [0, 0.1) is 0 Å². The number of benzene rings is 1. The van der Waals surface area contributed by atoms with Gasteiger partial charge in [-0.2, -0.15) is 0 Å². The summed E-state index contributed by atoms with van der Waals surface area (Å²) < 4.78 is 0. The van der Waals surface area contributed by atoms with Gasteiger partial charge in [0.25, 0.3) is 5.91 Å². The van der Waals surface area contributed by atoms with Crippen molar-refractivity contribution in [1.82, 2.24) is 9.97 Å². The zero-order valence-corrected chi connectivity index (χ0v) is 17.1. The third kappa shape index (κ3) is 3.52. The number of amides is 1. The van der Waals surface area contributed by atoms with Crippen molar-refractivity contribution in [2.45, 2.75) is 0 Å². The smallest absolute Gasteiger partial charge is 0.268 e. The van der Waals surface area contributed by atoms with E-state index < -0.39 is 5.91 Å². The zero-order valence-electron chi connectivity index (χ0n) is 14.0. The van der Waals surface area contributed by atoms with Crippen LogP contribution >= 0.6 is 46.1 Å². The monoisotopic (exact) mass is 448 g/mol. The topological polar surface area (TPSA) is 80.9 Å². The van der Waals surface area contributed by atoms with E-state index in [2.05, 4.69) is 15.3 Å². The number of nitrogens with one attached hydrogen (secondary N) is 1. The lowest BCUT2D eigenvalue weighted by atomic mass is 10.1. The van der Waals surface area contributed by atoms with Crippen LogP contribution in [0.4, 0.5) is 11.4 Å². The molecule has 0 bridgehead atoms. The number of carbonyl (C=O) groups is 1. The van der Waals surface area contributed by atoms with Gasteiger partial charge in [0, 0.05) is 28.4 Å². The average Bonchev–Trinajstić information content (AvgIpc) is 3.01. The van der Waals surface area contributed by atoms with Gasteiger partial charge in [0.05, 0.1) is 27.1 Å². The lowest BCUT2D eigenvalue weighted by Gasteiger charge is -2.09. The number of carbonyl (C=O) groups excluding carboxylic acids is 1. The Morgan fingerprint density at radius 2 is 1.86 bits per heavy atom. The number of thiophene rings is 1. The number of aromatic nitrogens is 2. The summed E-state index contributed by atoms with van der Waals surface area (Å²) in [4.78, 5) is 22.5. The molecule has 0 spiro atoms. The van der Waals surface area contributed by atoms with Crippen LogP contribution in [0.3, 0.4) is 0 Å². The minimum atomic E-state index is -0.422. The highest BCUT2D eigenvalue weighted by Gasteiger charge is 2.20. The molecule has 0 saturated carbocycles. The van der Waals surface area contributed by atoms with Gasteiger partial charge in [0.2, 0.25) is 0 Å². The largest absolute Gasteiger partial charge is 0.397 e. The van der Waals surface area contributed by atoms with Gasteiger partial charge in [-0.1, -0.05) is 34.8 Å². The standard InChI is InChI=1S/C19H11Cl3N4OS/c20-10-6-12(21)16(13(22)7-10)26-18(27)17-15(23)11-3-4-14(25-19(11)28-17)9-2-1-5-24-8-9/h1-8H,23H2,(H,26,27). The van der Waals surface area contributed by atoms with Crippen molar-refractivity contribution in [2.75, 3.05) is 11.1 Å². The van der Waals surface area contributed by atoms with E-state index >= 15 is 0 Å². The van der Waals surface area contributed by atoms with Crippen molar-refractivity contribution in [2.24, 2.45) is 0 Å². The second kappa shape index (κ2) is 7.56. The van der Waals surface area contributed by atoms with Crippen LogP contribution in [-0.2, 0) is 0 Å². The van der Waals surface area contributed by atoms with Gasteiger partial charge >= 0.3 is 0 Å². The van der Waals surface area contributed by atoms with E-state index in [-0.39, 0.29) is 15.7 Å². The third-order valence-electron chi connectivity index (χ3n) is 4.00. The molecule has 0 aliphatic rings. The van der Waals surface area contributed by atoms with Crippen molar-refractivity contribution in [3.05, 3.63) is 68.7 Å². The minimum Gasteiger partial charge on any atom is -0.397 e. The molecule has 0 fully saturated rings. The molecule has 140 valence electrons. The van der Waals surface area contributed by atoms with Gasteiger partial charge in [0.1, 0.15) is 9.71 Å². The quantitative estimate of drug-likeness (QED) is 0.393. The van der Waals surface area contributed by atoms with E-state index in [4.69, 9.17) is 40.5 Å². The molecule has 3 heterocycles. The highest BCUT2D eigenvalue weighted by atomic mass is 35.5. The number of anilines is 2. The molecule has 3 aromatic heterocycles. The van der Waals surface area contributed by atoms with Gasteiger partial charge in [0.15, 0.2) is 0 Å². The fourth-order valence-electron chi connectivity index (χ4n) is 2.67. The molecule has 1 aromatic carbocycles. The SMILES string of the molecule is Nc1c(C(=O)Nc2c(Cl)cc(Cl)cc2Cl)sc2nc(-c3cccnc3)ccc12. The molecule has 1 amide bonds. The molecule has 28 heavy (non-hydrogen) atoms. The van der Waals surface area contributed by atoms with Crippen molar-refractivity contribution < 1.29 is 4.79 Å². The number of fused-ring (bicyclic) bond motifs is 1. The van der Waals surface area contributed by atoms with E-state index in [0.717, 1.165) is 11.3 Å². The van der Waals surface area contributed by atoms with Crippen LogP contribution in [0.2, 0.25) is 15.1 Å². The van der Waals surface area contributed by atoms with E-state index in [1.807, 2.05) is 24.3 Å². The predicted molar refractivity (Wildman–Crippen MR) is 117 cm³/mol. The summed E-state index contributed by atoms with van der Waals surface area (Å²) in [6.07, 6.45) is 3.42. The van der Waals surface area contributed by atoms with Crippen LogP contribution in [0.25, 0.3) is 21.5 Å². The van der Waals surface area contributed by atoms with E-state index in [0.29, 0.717) is 25.8 Å². The second-order valence-corrected chi connectivity index (χ2v) is 8.08.